The second-order valence-corrected chi connectivity index (χ2v) is 8.13. The SMILES string of the molecule is CC=CCn1c(N2CCC[C@H](N)C2)nc2c1c(=O)n(CC(=O)c1ccccc1)c(=O)n2C. The fraction of sp³-hybridized carbons (Fsp3) is 0.391. The number of imidazole rings is 1. The molecule has 1 aliphatic rings. The Morgan fingerprint density at radius 3 is 2.66 bits per heavy atom. The molecule has 2 aromatic heterocycles. The largest absolute Gasteiger partial charge is 0.341 e. The number of piperidine rings is 1. The lowest BCUT2D eigenvalue weighted by Gasteiger charge is -2.31. The van der Waals surface area contributed by atoms with E-state index in [0.717, 1.165) is 24.0 Å². The molecule has 9 nitrogen and oxygen atoms in total. The van der Waals surface area contributed by atoms with E-state index in [2.05, 4.69) is 9.88 Å². The van der Waals surface area contributed by atoms with Crippen LogP contribution in [-0.2, 0) is 20.1 Å². The van der Waals surface area contributed by atoms with Gasteiger partial charge in [-0.05, 0) is 19.8 Å². The van der Waals surface area contributed by atoms with Gasteiger partial charge in [0.2, 0.25) is 5.95 Å². The molecule has 0 radical (unpaired) electrons. The second kappa shape index (κ2) is 8.96. The number of rotatable bonds is 6. The highest BCUT2D eigenvalue weighted by Crippen LogP contribution is 2.23. The summed E-state index contributed by atoms with van der Waals surface area (Å²) in [4.78, 5) is 46.0. The van der Waals surface area contributed by atoms with Crippen molar-refractivity contribution in [2.24, 2.45) is 12.8 Å². The molecule has 168 valence electrons. The van der Waals surface area contributed by atoms with Crippen molar-refractivity contribution >= 4 is 22.9 Å². The van der Waals surface area contributed by atoms with Crippen LogP contribution in [0, 0.1) is 0 Å². The number of aromatic nitrogens is 4. The number of anilines is 1. The summed E-state index contributed by atoms with van der Waals surface area (Å²) >= 11 is 0. The fourth-order valence-corrected chi connectivity index (χ4v) is 4.18. The molecular weight excluding hydrogens is 408 g/mol. The van der Waals surface area contributed by atoms with Crippen LogP contribution in [0.15, 0.2) is 52.1 Å². The first-order chi connectivity index (χ1) is 15.4. The van der Waals surface area contributed by atoms with E-state index < -0.39 is 11.2 Å². The summed E-state index contributed by atoms with van der Waals surface area (Å²) in [5.41, 5.74) is 6.16. The van der Waals surface area contributed by atoms with Crippen molar-refractivity contribution in [2.75, 3.05) is 18.0 Å². The van der Waals surface area contributed by atoms with Crippen LogP contribution >= 0.6 is 0 Å². The molecule has 1 atom stereocenters. The Labute approximate surface area is 185 Å². The van der Waals surface area contributed by atoms with Gasteiger partial charge in [0.25, 0.3) is 5.56 Å². The van der Waals surface area contributed by atoms with Crippen LogP contribution in [0.4, 0.5) is 5.95 Å². The molecule has 1 aliphatic heterocycles. The Hall–Kier alpha value is -3.46. The normalized spacial score (nSPS) is 16.8. The summed E-state index contributed by atoms with van der Waals surface area (Å²) in [7, 11) is 1.58. The Kier molecular flexibility index (Phi) is 6.09. The van der Waals surface area contributed by atoms with Gasteiger partial charge in [-0.3, -0.25) is 18.7 Å². The molecule has 0 unspecified atom stereocenters. The van der Waals surface area contributed by atoms with Gasteiger partial charge in [0, 0.05) is 38.3 Å². The standard InChI is InChI=1S/C23H28N6O3/c1-3-4-13-28-19-20(25-22(28)27-12-8-11-17(24)14-27)26(2)23(32)29(21(19)31)15-18(30)16-9-6-5-7-10-16/h3-7,9-10,17H,8,11-15,24H2,1-2H3/t17-/m0/s1. The number of hydrogen-bond acceptors (Lipinski definition) is 6. The average molecular weight is 437 g/mol. The number of carbonyl (C=O) groups is 1. The third kappa shape index (κ3) is 3.91. The molecule has 4 rings (SSSR count). The zero-order chi connectivity index (χ0) is 22.8. The molecular formula is C23H28N6O3. The molecule has 1 aromatic carbocycles. The summed E-state index contributed by atoms with van der Waals surface area (Å²) in [6.45, 7) is 3.41. The van der Waals surface area contributed by atoms with E-state index in [1.807, 2.05) is 29.7 Å². The van der Waals surface area contributed by atoms with Gasteiger partial charge in [-0.15, -0.1) is 0 Å². The van der Waals surface area contributed by atoms with Gasteiger partial charge >= 0.3 is 5.69 Å². The second-order valence-electron chi connectivity index (χ2n) is 8.13. The third-order valence-corrected chi connectivity index (χ3v) is 5.87. The van der Waals surface area contributed by atoms with E-state index in [0.29, 0.717) is 35.8 Å². The van der Waals surface area contributed by atoms with E-state index in [9.17, 15) is 14.4 Å². The van der Waals surface area contributed by atoms with Crippen LogP contribution in [0.2, 0.25) is 0 Å². The number of carbonyl (C=O) groups excluding carboxylic acids is 1. The van der Waals surface area contributed by atoms with Crippen molar-refractivity contribution in [3.63, 3.8) is 0 Å². The van der Waals surface area contributed by atoms with Crippen LogP contribution < -0.4 is 21.9 Å². The zero-order valence-corrected chi connectivity index (χ0v) is 18.4. The molecule has 9 heteroatoms. The maximum Gasteiger partial charge on any atom is 0.332 e. The number of nitrogens with zero attached hydrogens (tertiary/aromatic N) is 5. The van der Waals surface area contributed by atoms with Crippen molar-refractivity contribution in [1.29, 1.82) is 0 Å². The number of benzene rings is 1. The molecule has 3 heterocycles. The van der Waals surface area contributed by atoms with E-state index in [4.69, 9.17) is 5.73 Å². The smallest absolute Gasteiger partial charge is 0.332 e. The maximum absolute atomic E-state index is 13.5. The topological polar surface area (TPSA) is 108 Å². The number of allylic oxidation sites excluding steroid dienone is 2. The fourth-order valence-electron chi connectivity index (χ4n) is 4.18. The first-order valence-electron chi connectivity index (χ1n) is 10.8. The number of ketones is 1. The highest BCUT2D eigenvalue weighted by atomic mass is 16.2. The Morgan fingerprint density at radius 1 is 1.22 bits per heavy atom. The van der Waals surface area contributed by atoms with Crippen LogP contribution in [-0.4, -0.2) is 43.6 Å². The number of hydrogen-bond donors (Lipinski definition) is 1. The minimum atomic E-state index is -0.565. The van der Waals surface area contributed by atoms with Gasteiger partial charge in [-0.25, -0.2) is 4.79 Å². The summed E-state index contributed by atoms with van der Waals surface area (Å²) in [6, 6.07) is 8.68. The monoisotopic (exact) mass is 436 g/mol. The van der Waals surface area contributed by atoms with Crippen LogP contribution in [0.25, 0.3) is 11.2 Å². The minimum absolute atomic E-state index is 0.0303. The van der Waals surface area contributed by atoms with Gasteiger partial charge < -0.3 is 15.2 Å². The highest BCUT2D eigenvalue weighted by molar-refractivity contribution is 5.95. The number of aryl methyl sites for hydroxylation is 1. The lowest BCUT2D eigenvalue weighted by atomic mass is 10.1. The molecule has 2 N–H and O–H groups in total. The van der Waals surface area contributed by atoms with Gasteiger partial charge in [-0.2, -0.15) is 4.98 Å². The maximum atomic E-state index is 13.5. The lowest BCUT2D eigenvalue weighted by Crippen LogP contribution is -2.44. The van der Waals surface area contributed by atoms with Gasteiger partial charge in [0.15, 0.2) is 16.9 Å². The third-order valence-electron chi connectivity index (χ3n) is 5.87. The van der Waals surface area contributed by atoms with E-state index in [1.54, 1.807) is 31.3 Å². The summed E-state index contributed by atoms with van der Waals surface area (Å²) < 4.78 is 4.16. The van der Waals surface area contributed by atoms with E-state index in [-0.39, 0.29) is 18.4 Å². The first kappa shape index (κ1) is 21.8. The van der Waals surface area contributed by atoms with Crippen molar-refractivity contribution in [3.8, 4) is 0 Å². The van der Waals surface area contributed by atoms with Gasteiger partial charge in [0.05, 0.1) is 6.54 Å². The molecule has 0 spiro atoms. The van der Waals surface area contributed by atoms with E-state index >= 15 is 0 Å². The summed E-state index contributed by atoms with van der Waals surface area (Å²) in [6.07, 6.45) is 5.71. The summed E-state index contributed by atoms with van der Waals surface area (Å²) in [5, 5.41) is 0. The van der Waals surface area contributed by atoms with Crippen molar-refractivity contribution in [2.45, 2.75) is 38.9 Å². The molecule has 3 aromatic rings. The van der Waals surface area contributed by atoms with Gasteiger partial charge in [0.1, 0.15) is 0 Å². The number of nitrogens with two attached hydrogens (primary N) is 1. The molecule has 1 saturated heterocycles. The number of Topliss-reactive ketones (excluding diaryl/α,β-unsaturated/α-hetero) is 1. The Balaban J connectivity index is 1.88. The zero-order valence-electron chi connectivity index (χ0n) is 18.4. The van der Waals surface area contributed by atoms with Crippen LogP contribution in [0.1, 0.15) is 30.1 Å². The van der Waals surface area contributed by atoms with Crippen LogP contribution in [0.5, 0.6) is 0 Å². The molecule has 0 bridgehead atoms. The molecule has 0 amide bonds. The van der Waals surface area contributed by atoms with Gasteiger partial charge in [-0.1, -0.05) is 42.5 Å². The Morgan fingerprint density at radius 2 is 1.97 bits per heavy atom. The molecule has 32 heavy (non-hydrogen) atoms. The Bertz CT molecular complexity index is 1290. The molecule has 0 aliphatic carbocycles. The number of fused-ring (bicyclic) bond motifs is 1. The quantitative estimate of drug-likeness (QED) is 0.461. The van der Waals surface area contributed by atoms with E-state index in [1.165, 1.54) is 4.57 Å². The first-order valence-corrected chi connectivity index (χ1v) is 10.8. The minimum Gasteiger partial charge on any atom is -0.341 e. The predicted octanol–water partition coefficient (Wildman–Crippen LogP) is 1.28. The molecule has 1 fully saturated rings. The van der Waals surface area contributed by atoms with Crippen molar-refractivity contribution < 1.29 is 4.79 Å². The van der Waals surface area contributed by atoms with Crippen molar-refractivity contribution in [1.82, 2.24) is 18.7 Å². The lowest BCUT2D eigenvalue weighted by molar-refractivity contribution is 0.0969. The van der Waals surface area contributed by atoms with Crippen LogP contribution in [0.3, 0.4) is 0 Å². The predicted molar refractivity (Wildman–Crippen MR) is 124 cm³/mol. The van der Waals surface area contributed by atoms with Crippen molar-refractivity contribution in [3.05, 3.63) is 68.9 Å². The molecule has 0 saturated carbocycles. The summed E-state index contributed by atoms with van der Waals surface area (Å²) in [5.74, 6) is 0.318. The highest BCUT2D eigenvalue weighted by Gasteiger charge is 2.26. The average Bonchev–Trinajstić information content (AvgIpc) is 3.19.